The first-order valence-corrected chi connectivity index (χ1v) is 11.0. The highest BCUT2D eigenvalue weighted by Gasteiger charge is 2.14. The van der Waals surface area contributed by atoms with Crippen LogP contribution in [0, 0.1) is 0 Å². The molecule has 0 fully saturated rings. The molecule has 4 rings (SSSR count). The Bertz CT molecular complexity index is 1320. The quantitative estimate of drug-likeness (QED) is 0.262. The number of halogens is 2. The summed E-state index contributed by atoms with van der Waals surface area (Å²) in [6.07, 6.45) is 0. The number of nitrogens with zero attached hydrogens (tertiary/aromatic N) is 1. The van der Waals surface area contributed by atoms with Gasteiger partial charge in [-0.2, -0.15) is 0 Å². The number of ether oxygens (including phenoxy) is 1. The minimum Gasteiger partial charge on any atom is -0.497 e. The smallest absolute Gasteiger partial charge is 0.345 e. The van der Waals surface area contributed by atoms with E-state index in [1.807, 2.05) is 6.07 Å². The van der Waals surface area contributed by atoms with Crippen LogP contribution in [-0.2, 0) is 0 Å². The second-order valence-corrected chi connectivity index (χ2v) is 8.72. The van der Waals surface area contributed by atoms with Gasteiger partial charge in [-0.1, -0.05) is 15.9 Å². The summed E-state index contributed by atoms with van der Waals surface area (Å²) >= 11 is 8.00. The molecule has 1 amide bonds. The lowest BCUT2D eigenvalue weighted by Crippen LogP contribution is -2.29. The van der Waals surface area contributed by atoms with Crippen LogP contribution in [0.2, 0.25) is 0 Å². The summed E-state index contributed by atoms with van der Waals surface area (Å²) in [4.78, 5) is 29.2. The van der Waals surface area contributed by atoms with Crippen molar-refractivity contribution in [2.75, 3.05) is 12.5 Å². The lowest BCUT2D eigenvalue weighted by Gasteiger charge is -2.08. The van der Waals surface area contributed by atoms with Gasteiger partial charge >= 0.3 is 5.63 Å². The van der Waals surface area contributed by atoms with Crippen molar-refractivity contribution in [1.82, 2.24) is 10.4 Å². The standard InChI is InChI=1S/C20H13Br2N3O4S/c1-28-12-3-4-15(22)13(8-12)18(26)24-25-20-23-16(9-30-20)14-7-10-6-11(21)2-5-17(10)29-19(14)27/h2-9H,1H3,(H,23,25)(H,24,26). The van der Waals surface area contributed by atoms with Gasteiger partial charge in [0.05, 0.1) is 23.9 Å². The molecule has 0 aliphatic carbocycles. The van der Waals surface area contributed by atoms with Crippen LogP contribution in [0.4, 0.5) is 5.13 Å². The van der Waals surface area contributed by atoms with Gasteiger partial charge in [0, 0.05) is 19.7 Å². The van der Waals surface area contributed by atoms with Gasteiger partial charge in [-0.05, 0) is 58.4 Å². The lowest BCUT2D eigenvalue weighted by atomic mass is 10.1. The highest BCUT2D eigenvalue weighted by molar-refractivity contribution is 9.10. The molecule has 7 nitrogen and oxygen atoms in total. The fourth-order valence-electron chi connectivity index (χ4n) is 2.71. The van der Waals surface area contributed by atoms with Gasteiger partial charge in [-0.3, -0.25) is 15.6 Å². The van der Waals surface area contributed by atoms with E-state index in [0.717, 1.165) is 9.86 Å². The normalized spacial score (nSPS) is 10.8. The summed E-state index contributed by atoms with van der Waals surface area (Å²) in [5.74, 6) is 0.196. The van der Waals surface area contributed by atoms with E-state index >= 15 is 0 Å². The van der Waals surface area contributed by atoms with E-state index in [2.05, 4.69) is 47.7 Å². The monoisotopic (exact) mass is 549 g/mol. The van der Waals surface area contributed by atoms with Gasteiger partial charge in [-0.15, -0.1) is 11.3 Å². The van der Waals surface area contributed by atoms with Crippen LogP contribution in [0.15, 0.2) is 66.0 Å². The summed E-state index contributed by atoms with van der Waals surface area (Å²) in [6.45, 7) is 0. The molecular weight excluding hydrogens is 538 g/mol. The molecule has 152 valence electrons. The third kappa shape index (κ3) is 4.25. The zero-order valence-corrected chi connectivity index (χ0v) is 19.4. The number of carbonyl (C=O) groups excluding carboxylic acids is 1. The number of nitrogens with one attached hydrogen (secondary N) is 2. The third-order valence-electron chi connectivity index (χ3n) is 4.18. The second kappa shape index (κ2) is 8.58. The van der Waals surface area contributed by atoms with Crippen molar-refractivity contribution in [3.63, 3.8) is 0 Å². The van der Waals surface area contributed by atoms with Crippen LogP contribution in [0.1, 0.15) is 10.4 Å². The van der Waals surface area contributed by atoms with Crippen LogP contribution in [-0.4, -0.2) is 18.0 Å². The summed E-state index contributed by atoms with van der Waals surface area (Å²) < 4.78 is 12.0. The minimum absolute atomic E-state index is 0.340. The lowest BCUT2D eigenvalue weighted by molar-refractivity contribution is 0.0961. The number of amides is 1. The number of hydrazine groups is 1. The molecule has 2 N–H and O–H groups in total. The number of benzene rings is 2. The van der Waals surface area contributed by atoms with Crippen LogP contribution >= 0.6 is 43.2 Å². The van der Waals surface area contributed by atoms with Crippen molar-refractivity contribution in [1.29, 1.82) is 0 Å². The maximum Gasteiger partial charge on any atom is 0.345 e. The Morgan fingerprint density at radius 2 is 2.00 bits per heavy atom. The molecule has 0 bridgehead atoms. The fourth-order valence-corrected chi connectivity index (χ4v) is 4.18. The van der Waals surface area contributed by atoms with E-state index < -0.39 is 5.63 Å². The average molecular weight is 551 g/mol. The van der Waals surface area contributed by atoms with Crippen molar-refractivity contribution in [2.45, 2.75) is 0 Å². The van der Waals surface area contributed by atoms with Crippen molar-refractivity contribution in [3.8, 4) is 17.0 Å². The molecule has 4 aromatic rings. The molecule has 0 radical (unpaired) electrons. The van der Waals surface area contributed by atoms with Crippen LogP contribution in [0.5, 0.6) is 5.75 Å². The number of methoxy groups -OCH3 is 1. The van der Waals surface area contributed by atoms with E-state index in [-0.39, 0.29) is 5.91 Å². The highest BCUT2D eigenvalue weighted by atomic mass is 79.9. The molecule has 10 heteroatoms. The number of fused-ring (bicyclic) bond motifs is 1. The number of thiazole rings is 1. The first kappa shape index (κ1) is 20.6. The third-order valence-corrected chi connectivity index (χ3v) is 6.12. The Morgan fingerprint density at radius 1 is 1.17 bits per heavy atom. The molecule has 2 aromatic heterocycles. The number of hydrogen-bond acceptors (Lipinski definition) is 7. The van der Waals surface area contributed by atoms with E-state index in [0.29, 0.717) is 37.8 Å². The minimum atomic E-state index is -0.481. The van der Waals surface area contributed by atoms with Gasteiger partial charge in [0.15, 0.2) is 0 Å². The van der Waals surface area contributed by atoms with Crippen molar-refractivity contribution in [3.05, 3.63) is 72.8 Å². The van der Waals surface area contributed by atoms with E-state index in [4.69, 9.17) is 9.15 Å². The number of carbonyl (C=O) groups is 1. The number of hydrogen-bond donors (Lipinski definition) is 2. The zero-order valence-electron chi connectivity index (χ0n) is 15.4. The Hall–Kier alpha value is -2.69. The molecule has 0 aliphatic heterocycles. The molecule has 0 atom stereocenters. The molecule has 2 aromatic carbocycles. The second-order valence-electron chi connectivity index (χ2n) is 6.09. The largest absolute Gasteiger partial charge is 0.497 e. The summed E-state index contributed by atoms with van der Waals surface area (Å²) in [5, 5.41) is 2.91. The Balaban J connectivity index is 1.54. The van der Waals surface area contributed by atoms with Crippen LogP contribution in [0.3, 0.4) is 0 Å². The van der Waals surface area contributed by atoms with Crippen molar-refractivity contribution in [2.24, 2.45) is 0 Å². The Morgan fingerprint density at radius 3 is 2.80 bits per heavy atom. The van der Waals surface area contributed by atoms with Crippen LogP contribution < -0.4 is 21.2 Å². The first-order chi connectivity index (χ1) is 14.4. The predicted molar refractivity (Wildman–Crippen MR) is 123 cm³/mol. The molecule has 0 spiro atoms. The van der Waals surface area contributed by atoms with Crippen molar-refractivity contribution < 1.29 is 13.9 Å². The molecule has 2 heterocycles. The Labute approximate surface area is 191 Å². The van der Waals surface area contributed by atoms with Crippen molar-refractivity contribution >= 4 is 65.2 Å². The van der Waals surface area contributed by atoms with Gasteiger partial charge < -0.3 is 9.15 Å². The summed E-state index contributed by atoms with van der Waals surface area (Å²) in [5.41, 5.74) is 6.57. The number of anilines is 1. The van der Waals surface area contributed by atoms with E-state index in [1.54, 1.807) is 41.8 Å². The SMILES string of the molecule is COc1ccc(Br)c(C(=O)NNc2nc(-c3cc4cc(Br)ccc4oc3=O)cs2)c1. The predicted octanol–water partition coefficient (Wildman–Crippen LogP) is 5.21. The number of aromatic nitrogens is 1. The maximum atomic E-state index is 12.5. The first-order valence-electron chi connectivity index (χ1n) is 8.54. The molecule has 0 saturated carbocycles. The van der Waals surface area contributed by atoms with E-state index in [9.17, 15) is 9.59 Å². The topological polar surface area (TPSA) is 93.5 Å². The van der Waals surface area contributed by atoms with Gasteiger partial charge in [-0.25, -0.2) is 9.78 Å². The van der Waals surface area contributed by atoms with Crippen LogP contribution in [0.25, 0.3) is 22.2 Å². The molecule has 0 aliphatic rings. The highest BCUT2D eigenvalue weighted by Crippen LogP contribution is 2.27. The molecule has 30 heavy (non-hydrogen) atoms. The average Bonchev–Trinajstić information content (AvgIpc) is 3.21. The number of rotatable bonds is 5. The van der Waals surface area contributed by atoms with E-state index in [1.165, 1.54) is 18.4 Å². The maximum absolute atomic E-state index is 12.5. The fraction of sp³-hybridized carbons (Fsp3) is 0.0500. The Kier molecular flexibility index (Phi) is 5.89. The van der Waals surface area contributed by atoms with Gasteiger partial charge in [0.1, 0.15) is 11.3 Å². The van der Waals surface area contributed by atoms with Gasteiger partial charge in [0.25, 0.3) is 5.91 Å². The molecule has 0 unspecified atom stereocenters. The zero-order chi connectivity index (χ0) is 21.3. The molecular formula is C20H13Br2N3O4S. The van der Waals surface area contributed by atoms with Gasteiger partial charge in [0.2, 0.25) is 5.13 Å². The summed E-state index contributed by atoms with van der Waals surface area (Å²) in [7, 11) is 1.53. The summed E-state index contributed by atoms with van der Waals surface area (Å²) in [6, 6.07) is 12.2. The molecule has 0 saturated heterocycles.